The molecule has 18 heavy (non-hydrogen) atoms. The fourth-order valence-corrected chi connectivity index (χ4v) is 8.15. The number of hydrogen-bond donors (Lipinski definition) is 1. The van der Waals surface area contributed by atoms with Crippen LogP contribution in [0.15, 0.2) is 0 Å². The summed E-state index contributed by atoms with van der Waals surface area (Å²) in [6, 6.07) is 1.02. The van der Waals surface area contributed by atoms with Crippen molar-refractivity contribution in [3.05, 3.63) is 0 Å². The first-order valence-corrected chi connectivity index (χ1v) is 13.3. The monoisotopic (exact) mass is 283 g/mol. The normalized spacial score (nSPS) is 23.3. The molecule has 3 nitrogen and oxygen atoms in total. The Morgan fingerprint density at radius 1 is 1.44 bits per heavy atom. The van der Waals surface area contributed by atoms with Crippen LogP contribution in [0.2, 0.25) is 44.3 Å². The average molecular weight is 284 g/mol. The van der Waals surface area contributed by atoms with E-state index < -0.39 is 22.3 Å². The molecule has 1 aliphatic rings. The van der Waals surface area contributed by atoms with Gasteiger partial charge in [0.05, 0.1) is 19.7 Å². The van der Waals surface area contributed by atoms with Crippen LogP contribution in [0.3, 0.4) is 0 Å². The minimum Gasteiger partial charge on any atom is -0.481 e. The lowest BCUT2D eigenvalue weighted by molar-refractivity contribution is -0.137. The smallest absolute Gasteiger partial charge is 0.306 e. The van der Waals surface area contributed by atoms with Crippen molar-refractivity contribution in [2.75, 3.05) is 6.54 Å². The van der Waals surface area contributed by atoms with E-state index in [1.165, 1.54) is 6.04 Å². The van der Waals surface area contributed by atoms with Crippen molar-refractivity contribution in [2.24, 2.45) is 0 Å². The van der Waals surface area contributed by atoms with Crippen LogP contribution >= 0.6 is 0 Å². The lowest BCUT2D eigenvalue weighted by Gasteiger charge is -2.41. The second kappa shape index (κ2) is 5.20. The van der Waals surface area contributed by atoms with Gasteiger partial charge in [0.15, 0.2) is 0 Å². The maximum absolute atomic E-state index is 11.6. The van der Waals surface area contributed by atoms with Gasteiger partial charge in [-0.1, -0.05) is 38.7 Å². The van der Waals surface area contributed by atoms with Crippen molar-refractivity contribution in [3.63, 3.8) is 0 Å². The van der Waals surface area contributed by atoms with Crippen LogP contribution in [0.5, 0.6) is 0 Å². The lowest BCUT2D eigenvalue weighted by Crippen LogP contribution is -2.55. The SMILES string of the molecule is C#CC(C(C(=O)O)[Si](C)(C)C)N1CCC[Si]1(C)C. The molecular formula is C13H25NO2Si2. The summed E-state index contributed by atoms with van der Waals surface area (Å²) in [5, 5.41) is 9.57. The summed E-state index contributed by atoms with van der Waals surface area (Å²) in [6.07, 6.45) is 6.86. The van der Waals surface area contributed by atoms with Crippen LogP contribution < -0.4 is 0 Å². The molecule has 2 atom stereocenters. The average Bonchev–Trinajstić information content (AvgIpc) is 2.51. The molecule has 102 valence electrons. The van der Waals surface area contributed by atoms with Gasteiger partial charge >= 0.3 is 5.97 Å². The highest BCUT2D eigenvalue weighted by Gasteiger charge is 2.47. The summed E-state index contributed by atoms with van der Waals surface area (Å²) in [6.45, 7) is 11.9. The molecule has 0 radical (unpaired) electrons. The lowest BCUT2D eigenvalue weighted by atomic mass is 10.2. The van der Waals surface area contributed by atoms with Crippen molar-refractivity contribution in [2.45, 2.75) is 56.8 Å². The summed E-state index contributed by atoms with van der Waals surface area (Å²) < 4.78 is 2.37. The Balaban J connectivity index is 3.09. The van der Waals surface area contributed by atoms with Gasteiger partial charge in [-0.05, 0) is 19.0 Å². The first-order chi connectivity index (χ1) is 8.11. The fourth-order valence-electron chi connectivity index (χ4n) is 2.99. The molecule has 1 heterocycles. The molecular weight excluding hydrogens is 258 g/mol. The van der Waals surface area contributed by atoms with Crippen LogP contribution in [0.4, 0.5) is 0 Å². The minimum atomic E-state index is -1.83. The van der Waals surface area contributed by atoms with Gasteiger partial charge in [0, 0.05) is 0 Å². The second-order valence-electron chi connectivity index (χ2n) is 6.90. The van der Waals surface area contributed by atoms with E-state index in [1.54, 1.807) is 0 Å². The molecule has 0 aromatic rings. The highest BCUT2D eigenvalue weighted by molar-refractivity contribution is 6.81. The molecule has 0 amide bonds. The van der Waals surface area contributed by atoms with Gasteiger partial charge in [0.25, 0.3) is 0 Å². The second-order valence-corrected chi connectivity index (χ2v) is 17.0. The molecule has 5 heteroatoms. The fraction of sp³-hybridized carbons (Fsp3) is 0.769. The molecule has 2 unspecified atom stereocenters. The van der Waals surface area contributed by atoms with E-state index in [9.17, 15) is 9.90 Å². The van der Waals surface area contributed by atoms with Gasteiger partial charge in [-0.3, -0.25) is 4.79 Å². The zero-order chi connectivity index (χ0) is 14.1. The predicted molar refractivity (Wildman–Crippen MR) is 81.0 cm³/mol. The van der Waals surface area contributed by atoms with Gasteiger partial charge in [-0.15, -0.1) is 6.42 Å². The number of aliphatic carboxylic acids is 1. The Morgan fingerprint density at radius 2 is 2.00 bits per heavy atom. The van der Waals surface area contributed by atoms with Gasteiger partial charge < -0.3 is 9.67 Å². The van der Waals surface area contributed by atoms with E-state index in [0.29, 0.717) is 0 Å². The van der Waals surface area contributed by atoms with Gasteiger partial charge in [0.1, 0.15) is 8.24 Å². The first kappa shape index (κ1) is 15.5. The Bertz CT molecular complexity index is 368. The molecule has 0 aliphatic carbocycles. The highest BCUT2D eigenvalue weighted by atomic mass is 28.3. The number of rotatable bonds is 4. The summed E-state index contributed by atoms with van der Waals surface area (Å²) in [4.78, 5) is 11.6. The maximum atomic E-state index is 11.6. The van der Waals surface area contributed by atoms with Gasteiger partial charge in [-0.2, -0.15) is 0 Å². The zero-order valence-electron chi connectivity index (χ0n) is 12.2. The third kappa shape index (κ3) is 3.05. The Kier molecular flexibility index (Phi) is 4.47. The van der Waals surface area contributed by atoms with Crippen molar-refractivity contribution in [1.29, 1.82) is 0 Å². The van der Waals surface area contributed by atoms with Crippen molar-refractivity contribution in [3.8, 4) is 12.3 Å². The van der Waals surface area contributed by atoms with Crippen molar-refractivity contribution < 1.29 is 9.90 Å². The van der Waals surface area contributed by atoms with E-state index in [4.69, 9.17) is 6.42 Å². The molecule has 0 aromatic carbocycles. The third-order valence-corrected chi connectivity index (χ3v) is 10.0. The van der Waals surface area contributed by atoms with E-state index in [-0.39, 0.29) is 11.6 Å². The van der Waals surface area contributed by atoms with E-state index in [2.05, 4.69) is 43.2 Å². The number of hydrogen-bond acceptors (Lipinski definition) is 2. The molecule has 1 aliphatic heterocycles. The highest BCUT2D eigenvalue weighted by Crippen LogP contribution is 2.36. The number of carbonyl (C=O) groups is 1. The summed E-state index contributed by atoms with van der Waals surface area (Å²) in [5.74, 6) is 2.09. The summed E-state index contributed by atoms with van der Waals surface area (Å²) in [7, 11) is -3.32. The maximum Gasteiger partial charge on any atom is 0.306 e. The van der Waals surface area contributed by atoms with Crippen molar-refractivity contribution >= 4 is 22.3 Å². The molecule has 0 saturated carbocycles. The summed E-state index contributed by atoms with van der Waals surface area (Å²) in [5.41, 5.74) is -0.368. The first-order valence-electron chi connectivity index (χ1n) is 6.57. The minimum absolute atomic E-state index is 0.210. The van der Waals surface area contributed by atoms with Crippen molar-refractivity contribution in [1.82, 2.24) is 4.57 Å². The molecule has 1 saturated heterocycles. The van der Waals surface area contributed by atoms with E-state index in [0.717, 1.165) is 13.0 Å². The number of carboxylic acids is 1. The largest absolute Gasteiger partial charge is 0.481 e. The van der Waals surface area contributed by atoms with Gasteiger partial charge in [-0.25, -0.2) is 0 Å². The Labute approximate surface area is 113 Å². The molecule has 0 aromatic heterocycles. The zero-order valence-corrected chi connectivity index (χ0v) is 14.2. The van der Waals surface area contributed by atoms with Crippen LogP contribution in [0.25, 0.3) is 0 Å². The third-order valence-electron chi connectivity index (χ3n) is 3.99. The van der Waals surface area contributed by atoms with Gasteiger partial charge in [0.2, 0.25) is 0 Å². The molecule has 1 N–H and O–H groups in total. The van der Waals surface area contributed by atoms with Crippen LogP contribution in [0.1, 0.15) is 6.42 Å². The molecule has 0 bridgehead atoms. The van der Waals surface area contributed by atoms with E-state index in [1.807, 2.05) is 0 Å². The van der Waals surface area contributed by atoms with Crippen LogP contribution in [-0.2, 0) is 4.79 Å². The Morgan fingerprint density at radius 3 is 2.28 bits per heavy atom. The van der Waals surface area contributed by atoms with Crippen LogP contribution in [0, 0.1) is 12.3 Å². The molecule has 0 spiro atoms. The number of terminal acetylenes is 1. The van der Waals surface area contributed by atoms with E-state index >= 15 is 0 Å². The number of carboxylic acid groups (broad SMARTS) is 1. The number of nitrogens with zero attached hydrogens (tertiary/aromatic N) is 1. The standard InChI is InChI=1S/C13H25NO2Si2/c1-7-11(12(13(15)16)17(2,3)4)14-9-8-10-18(14,5)6/h1,11-12H,8-10H2,2-6H3,(H,15,16). The van der Waals surface area contributed by atoms with Crippen LogP contribution in [-0.4, -0.2) is 44.5 Å². The quantitative estimate of drug-likeness (QED) is 0.637. The molecule has 1 fully saturated rings. The molecule has 1 rings (SSSR count). The predicted octanol–water partition coefficient (Wildman–Crippen LogP) is 2.69. The topological polar surface area (TPSA) is 40.5 Å². The Hall–Kier alpha value is -0.576. The summed E-state index contributed by atoms with van der Waals surface area (Å²) >= 11 is 0.